The summed E-state index contributed by atoms with van der Waals surface area (Å²) >= 11 is 0. The summed E-state index contributed by atoms with van der Waals surface area (Å²) in [7, 11) is 0. The molecule has 0 spiro atoms. The van der Waals surface area contributed by atoms with Crippen molar-refractivity contribution in [3.63, 3.8) is 0 Å². The van der Waals surface area contributed by atoms with Gasteiger partial charge in [0.2, 0.25) is 0 Å². The molecule has 29 heavy (non-hydrogen) atoms. The zero-order valence-electron chi connectivity index (χ0n) is 17.4. The molecule has 2 aliphatic rings. The van der Waals surface area contributed by atoms with Crippen LogP contribution in [0, 0.1) is 6.92 Å². The Morgan fingerprint density at radius 1 is 0.897 bits per heavy atom. The van der Waals surface area contributed by atoms with Gasteiger partial charge in [-0.05, 0) is 25.6 Å². The van der Waals surface area contributed by atoms with Crippen LogP contribution in [0.3, 0.4) is 0 Å². The zero-order chi connectivity index (χ0) is 20.2. The molecule has 2 fully saturated rings. The lowest BCUT2D eigenvalue weighted by molar-refractivity contribution is 0.0740. The van der Waals surface area contributed by atoms with E-state index in [-0.39, 0.29) is 5.91 Å². The Balaban J connectivity index is 1.42. The summed E-state index contributed by atoms with van der Waals surface area (Å²) in [5.41, 5.74) is 1.73. The van der Waals surface area contributed by atoms with E-state index in [1.807, 2.05) is 24.0 Å². The number of hydrogen-bond acceptors (Lipinski definition) is 6. The van der Waals surface area contributed by atoms with E-state index in [2.05, 4.69) is 55.9 Å². The molecule has 2 aliphatic heterocycles. The normalized spacial score (nSPS) is 18.2. The van der Waals surface area contributed by atoms with Gasteiger partial charge in [-0.2, -0.15) is 0 Å². The number of likely N-dealkylation sites (N-methyl/N-ethyl adjacent to an activating group) is 1. The van der Waals surface area contributed by atoms with Crippen LogP contribution in [0.4, 0.5) is 11.5 Å². The summed E-state index contributed by atoms with van der Waals surface area (Å²) in [6.45, 7) is 12.2. The molecule has 2 aromatic rings. The molecule has 0 atom stereocenters. The Hall–Kier alpha value is -2.67. The molecule has 1 aromatic heterocycles. The Labute approximate surface area is 172 Å². The van der Waals surface area contributed by atoms with Gasteiger partial charge in [0, 0.05) is 64.1 Å². The predicted molar refractivity (Wildman–Crippen MR) is 116 cm³/mol. The standard InChI is InChI=1S/C22H30N6O/c1-3-25-9-11-27(12-10-25)21-17-20(23-18(2)24-21)22(29)28-15-13-26(14-16-28)19-7-5-4-6-8-19/h4-8,17H,3,9-16H2,1-2H3. The number of anilines is 2. The number of piperazine rings is 2. The number of para-hydroxylation sites is 1. The van der Waals surface area contributed by atoms with Crippen LogP contribution in [0.1, 0.15) is 23.2 Å². The Kier molecular flexibility index (Phi) is 5.94. The van der Waals surface area contributed by atoms with Crippen LogP contribution in [0.15, 0.2) is 36.4 Å². The van der Waals surface area contributed by atoms with E-state index >= 15 is 0 Å². The summed E-state index contributed by atoms with van der Waals surface area (Å²) in [5, 5.41) is 0. The first-order valence-electron chi connectivity index (χ1n) is 10.6. The van der Waals surface area contributed by atoms with Crippen molar-refractivity contribution in [3.05, 3.63) is 47.9 Å². The molecule has 7 nitrogen and oxygen atoms in total. The topological polar surface area (TPSA) is 55.8 Å². The quantitative estimate of drug-likeness (QED) is 0.789. The number of carbonyl (C=O) groups is 1. The summed E-state index contributed by atoms with van der Waals surface area (Å²) in [6, 6.07) is 12.3. The average molecular weight is 395 g/mol. The molecule has 0 saturated carbocycles. The van der Waals surface area contributed by atoms with Gasteiger partial charge in [0.05, 0.1) is 0 Å². The third-order valence-electron chi connectivity index (χ3n) is 5.88. The van der Waals surface area contributed by atoms with Gasteiger partial charge < -0.3 is 19.6 Å². The van der Waals surface area contributed by atoms with Crippen molar-refractivity contribution in [3.8, 4) is 0 Å². The Morgan fingerprint density at radius 2 is 1.55 bits per heavy atom. The molecule has 2 saturated heterocycles. The minimum absolute atomic E-state index is 0.0108. The minimum Gasteiger partial charge on any atom is -0.368 e. The second-order valence-electron chi connectivity index (χ2n) is 7.69. The first-order chi connectivity index (χ1) is 14.1. The number of aromatic nitrogens is 2. The monoisotopic (exact) mass is 394 g/mol. The number of rotatable bonds is 4. The fourth-order valence-corrected chi connectivity index (χ4v) is 4.09. The van der Waals surface area contributed by atoms with Gasteiger partial charge in [0.15, 0.2) is 0 Å². The Morgan fingerprint density at radius 3 is 2.21 bits per heavy atom. The van der Waals surface area contributed by atoms with Crippen molar-refractivity contribution >= 4 is 17.4 Å². The highest BCUT2D eigenvalue weighted by molar-refractivity contribution is 5.93. The molecule has 7 heteroatoms. The fraction of sp³-hybridized carbons (Fsp3) is 0.500. The summed E-state index contributed by atoms with van der Waals surface area (Å²) in [4.78, 5) is 31.1. The maximum absolute atomic E-state index is 13.1. The van der Waals surface area contributed by atoms with Crippen molar-refractivity contribution in [2.24, 2.45) is 0 Å². The van der Waals surface area contributed by atoms with Crippen LogP contribution >= 0.6 is 0 Å². The Bertz CT molecular complexity index is 826. The molecule has 0 aliphatic carbocycles. The lowest BCUT2D eigenvalue weighted by Gasteiger charge is -2.36. The second kappa shape index (κ2) is 8.78. The van der Waals surface area contributed by atoms with Crippen LogP contribution in [0.5, 0.6) is 0 Å². The highest BCUT2D eigenvalue weighted by Gasteiger charge is 2.25. The third kappa shape index (κ3) is 4.50. The van der Waals surface area contributed by atoms with Gasteiger partial charge >= 0.3 is 0 Å². The molecule has 0 bridgehead atoms. The highest BCUT2D eigenvalue weighted by atomic mass is 16.2. The lowest BCUT2D eigenvalue weighted by Crippen LogP contribution is -2.49. The van der Waals surface area contributed by atoms with Crippen molar-refractivity contribution in [1.29, 1.82) is 0 Å². The van der Waals surface area contributed by atoms with Crippen LogP contribution in [-0.4, -0.2) is 84.6 Å². The van der Waals surface area contributed by atoms with Gasteiger partial charge in [-0.25, -0.2) is 9.97 Å². The van der Waals surface area contributed by atoms with E-state index in [0.717, 1.165) is 51.6 Å². The van der Waals surface area contributed by atoms with E-state index in [0.29, 0.717) is 24.6 Å². The maximum Gasteiger partial charge on any atom is 0.272 e. The number of carbonyl (C=O) groups excluding carboxylic acids is 1. The number of aryl methyl sites for hydroxylation is 1. The minimum atomic E-state index is 0.0108. The maximum atomic E-state index is 13.1. The molecule has 0 N–H and O–H groups in total. The van der Waals surface area contributed by atoms with Crippen molar-refractivity contribution < 1.29 is 4.79 Å². The van der Waals surface area contributed by atoms with Gasteiger partial charge in [-0.1, -0.05) is 25.1 Å². The van der Waals surface area contributed by atoms with E-state index in [9.17, 15) is 4.79 Å². The van der Waals surface area contributed by atoms with E-state index in [1.54, 1.807) is 0 Å². The first-order valence-corrected chi connectivity index (χ1v) is 10.6. The predicted octanol–water partition coefficient (Wildman–Crippen LogP) is 1.89. The second-order valence-corrected chi connectivity index (χ2v) is 7.69. The van der Waals surface area contributed by atoms with Gasteiger partial charge in [-0.3, -0.25) is 4.79 Å². The number of amides is 1. The molecule has 0 radical (unpaired) electrons. The molecule has 4 rings (SSSR count). The smallest absolute Gasteiger partial charge is 0.272 e. The molecule has 154 valence electrons. The third-order valence-corrected chi connectivity index (χ3v) is 5.88. The van der Waals surface area contributed by atoms with Crippen LogP contribution < -0.4 is 9.80 Å². The molecule has 1 aromatic carbocycles. The summed E-state index contributed by atoms with van der Waals surface area (Å²) < 4.78 is 0. The van der Waals surface area contributed by atoms with Crippen molar-refractivity contribution in [2.45, 2.75) is 13.8 Å². The van der Waals surface area contributed by atoms with Gasteiger partial charge in [0.25, 0.3) is 5.91 Å². The number of hydrogen-bond donors (Lipinski definition) is 0. The van der Waals surface area contributed by atoms with Gasteiger partial charge in [0.1, 0.15) is 17.3 Å². The molecule has 3 heterocycles. The van der Waals surface area contributed by atoms with Crippen LogP contribution in [0.2, 0.25) is 0 Å². The van der Waals surface area contributed by atoms with Crippen LogP contribution in [-0.2, 0) is 0 Å². The highest BCUT2D eigenvalue weighted by Crippen LogP contribution is 2.19. The average Bonchev–Trinajstić information content (AvgIpc) is 2.79. The van der Waals surface area contributed by atoms with Crippen LogP contribution in [0.25, 0.3) is 0 Å². The van der Waals surface area contributed by atoms with E-state index in [4.69, 9.17) is 0 Å². The number of nitrogens with zero attached hydrogens (tertiary/aromatic N) is 6. The SMILES string of the molecule is CCN1CCN(c2cc(C(=O)N3CCN(c4ccccc4)CC3)nc(C)n2)CC1. The summed E-state index contributed by atoms with van der Waals surface area (Å²) in [5.74, 6) is 1.54. The first kappa shape index (κ1) is 19.6. The molecular weight excluding hydrogens is 364 g/mol. The molecule has 1 amide bonds. The van der Waals surface area contributed by atoms with Gasteiger partial charge in [-0.15, -0.1) is 0 Å². The molecular formula is C22H30N6O. The summed E-state index contributed by atoms with van der Waals surface area (Å²) in [6.07, 6.45) is 0. The zero-order valence-corrected chi connectivity index (χ0v) is 17.4. The lowest BCUT2D eigenvalue weighted by atomic mass is 10.2. The van der Waals surface area contributed by atoms with Crippen molar-refractivity contribution in [2.75, 3.05) is 68.7 Å². The number of benzene rings is 1. The van der Waals surface area contributed by atoms with E-state index in [1.165, 1.54) is 5.69 Å². The largest absolute Gasteiger partial charge is 0.368 e. The van der Waals surface area contributed by atoms with Crippen molar-refractivity contribution in [1.82, 2.24) is 19.8 Å². The van der Waals surface area contributed by atoms with E-state index < -0.39 is 0 Å². The molecule has 0 unspecified atom stereocenters. The fourth-order valence-electron chi connectivity index (χ4n) is 4.09.